The van der Waals surface area contributed by atoms with Crippen LogP contribution < -0.4 is 5.32 Å². The van der Waals surface area contributed by atoms with E-state index < -0.39 is 4.92 Å². The first-order valence-corrected chi connectivity index (χ1v) is 7.31. The fraction of sp³-hybridized carbons (Fsp3) is 0.214. The third-order valence-electron chi connectivity index (χ3n) is 3.22. The fourth-order valence-corrected chi connectivity index (χ4v) is 3.02. The van der Waals surface area contributed by atoms with E-state index in [9.17, 15) is 10.1 Å². The topological polar surface area (TPSA) is 83.8 Å². The quantitative estimate of drug-likeness (QED) is 0.563. The van der Waals surface area contributed by atoms with Crippen molar-refractivity contribution in [3.05, 3.63) is 50.2 Å². The largest absolute Gasteiger partial charge is 0.348 e. The van der Waals surface area contributed by atoms with Gasteiger partial charge in [-0.1, -0.05) is 0 Å². The molecule has 6 nitrogen and oxygen atoms in total. The second-order valence-corrected chi connectivity index (χ2v) is 6.18. The molecule has 1 unspecified atom stereocenters. The van der Waals surface area contributed by atoms with Gasteiger partial charge in [0.25, 0.3) is 5.69 Å². The van der Waals surface area contributed by atoms with Crippen LogP contribution in [-0.2, 0) is 0 Å². The van der Waals surface area contributed by atoms with Crippen molar-refractivity contribution >= 4 is 34.0 Å². The zero-order valence-corrected chi connectivity index (χ0v) is 12.4. The third-order valence-corrected chi connectivity index (χ3v) is 4.40. The summed E-state index contributed by atoms with van der Waals surface area (Å²) in [6.07, 6.45) is 0. The van der Waals surface area contributed by atoms with Crippen molar-refractivity contribution < 1.29 is 4.92 Å². The summed E-state index contributed by atoms with van der Waals surface area (Å²) in [5.41, 5.74) is 1.42. The lowest BCUT2D eigenvalue weighted by atomic mass is 10.3. The normalized spacial score (nSPS) is 12.5. The molecule has 21 heavy (non-hydrogen) atoms. The number of aryl methyl sites for hydroxylation is 1. The molecule has 1 atom stereocenters. The van der Waals surface area contributed by atoms with Crippen molar-refractivity contribution in [1.29, 1.82) is 0 Å². The van der Waals surface area contributed by atoms with Gasteiger partial charge in [0.1, 0.15) is 0 Å². The minimum Gasteiger partial charge on any atom is -0.348 e. The Kier molecular flexibility index (Phi) is 3.34. The molecular formula is C14H14N4O2S. The van der Waals surface area contributed by atoms with E-state index in [4.69, 9.17) is 0 Å². The molecule has 2 heterocycles. The number of nitro benzene ring substituents is 1. The van der Waals surface area contributed by atoms with E-state index in [0.29, 0.717) is 17.0 Å². The number of aromatic amines is 1. The summed E-state index contributed by atoms with van der Waals surface area (Å²) in [5.74, 6) is 0.615. The number of nitrogens with one attached hydrogen (secondary N) is 2. The Balaban J connectivity index is 1.85. The molecular weight excluding hydrogens is 288 g/mol. The number of H-pyrrole nitrogens is 1. The van der Waals surface area contributed by atoms with Gasteiger partial charge in [0, 0.05) is 21.9 Å². The van der Waals surface area contributed by atoms with Crippen LogP contribution in [0.3, 0.4) is 0 Å². The summed E-state index contributed by atoms with van der Waals surface area (Å²) in [7, 11) is 0. The number of fused-ring (bicyclic) bond motifs is 1. The number of non-ortho nitro benzene ring substituents is 1. The van der Waals surface area contributed by atoms with Gasteiger partial charge >= 0.3 is 0 Å². The van der Waals surface area contributed by atoms with Crippen molar-refractivity contribution in [3.63, 3.8) is 0 Å². The number of benzene rings is 1. The van der Waals surface area contributed by atoms with Crippen molar-refractivity contribution in [2.24, 2.45) is 0 Å². The summed E-state index contributed by atoms with van der Waals surface area (Å²) >= 11 is 1.73. The van der Waals surface area contributed by atoms with E-state index in [2.05, 4.69) is 41.3 Å². The standard InChI is InChI=1S/C14H14N4O2S/c1-8-3-6-13(21-8)9(2)15-14-16-11-5-4-10(18(19)20)7-12(11)17-14/h3-7,9H,1-2H3,(H2,15,16,17). The number of nitro groups is 1. The van der Waals surface area contributed by atoms with Gasteiger partial charge < -0.3 is 10.3 Å². The smallest absolute Gasteiger partial charge is 0.271 e. The van der Waals surface area contributed by atoms with Crippen molar-refractivity contribution in [3.8, 4) is 0 Å². The molecule has 0 spiro atoms. The second-order valence-electron chi connectivity index (χ2n) is 4.86. The van der Waals surface area contributed by atoms with Crippen LogP contribution in [-0.4, -0.2) is 14.9 Å². The Labute approximate surface area is 125 Å². The van der Waals surface area contributed by atoms with E-state index in [1.54, 1.807) is 17.4 Å². The van der Waals surface area contributed by atoms with E-state index in [1.807, 2.05) is 0 Å². The molecule has 0 amide bonds. The van der Waals surface area contributed by atoms with Crippen LogP contribution in [0.5, 0.6) is 0 Å². The van der Waals surface area contributed by atoms with E-state index >= 15 is 0 Å². The third kappa shape index (κ3) is 2.73. The van der Waals surface area contributed by atoms with E-state index in [1.165, 1.54) is 21.9 Å². The maximum absolute atomic E-state index is 10.8. The summed E-state index contributed by atoms with van der Waals surface area (Å²) < 4.78 is 0. The molecule has 2 N–H and O–H groups in total. The summed E-state index contributed by atoms with van der Waals surface area (Å²) in [5, 5.41) is 14.1. The maximum Gasteiger partial charge on any atom is 0.271 e. The van der Waals surface area contributed by atoms with Crippen molar-refractivity contribution in [1.82, 2.24) is 9.97 Å². The van der Waals surface area contributed by atoms with Gasteiger partial charge in [-0.15, -0.1) is 11.3 Å². The predicted octanol–water partition coefficient (Wildman–Crippen LogP) is 4.01. The minimum atomic E-state index is -0.412. The number of anilines is 1. The van der Waals surface area contributed by atoms with Crippen molar-refractivity contribution in [2.75, 3.05) is 5.32 Å². The molecule has 0 aliphatic carbocycles. The second kappa shape index (κ2) is 5.17. The fourth-order valence-electron chi connectivity index (χ4n) is 2.14. The number of aromatic nitrogens is 2. The highest BCUT2D eigenvalue weighted by Crippen LogP contribution is 2.26. The van der Waals surface area contributed by atoms with Crippen molar-refractivity contribution in [2.45, 2.75) is 19.9 Å². The lowest BCUT2D eigenvalue weighted by molar-refractivity contribution is -0.384. The molecule has 0 fully saturated rings. The lowest BCUT2D eigenvalue weighted by Gasteiger charge is -2.10. The first kappa shape index (κ1) is 13.6. The highest BCUT2D eigenvalue weighted by molar-refractivity contribution is 7.12. The molecule has 2 aromatic heterocycles. The Bertz CT molecular complexity index is 808. The highest BCUT2D eigenvalue weighted by atomic mass is 32.1. The molecule has 0 saturated heterocycles. The number of rotatable bonds is 4. The molecule has 0 aliphatic heterocycles. The van der Waals surface area contributed by atoms with Gasteiger partial charge in [0.05, 0.1) is 22.0 Å². The van der Waals surface area contributed by atoms with Gasteiger partial charge in [0.2, 0.25) is 5.95 Å². The maximum atomic E-state index is 10.8. The Morgan fingerprint density at radius 1 is 1.38 bits per heavy atom. The first-order chi connectivity index (χ1) is 10.0. The van der Waals surface area contributed by atoms with E-state index in [0.717, 1.165) is 0 Å². The molecule has 0 bridgehead atoms. The van der Waals surface area contributed by atoms with Crippen LogP contribution in [0.25, 0.3) is 11.0 Å². The Morgan fingerprint density at radius 3 is 2.86 bits per heavy atom. The van der Waals surface area contributed by atoms with E-state index in [-0.39, 0.29) is 11.7 Å². The molecule has 0 saturated carbocycles. The summed E-state index contributed by atoms with van der Waals surface area (Å²) in [4.78, 5) is 20.3. The molecule has 7 heteroatoms. The molecule has 1 aromatic carbocycles. The van der Waals surface area contributed by atoms with Gasteiger partial charge in [0.15, 0.2) is 0 Å². The van der Waals surface area contributed by atoms with Crippen LogP contribution in [0.1, 0.15) is 22.7 Å². The molecule has 108 valence electrons. The number of imidazole rings is 1. The van der Waals surface area contributed by atoms with Gasteiger partial charge in [-0.2, -0.15) is 0 Å². The minimum absolute atomic E-state index is 0.0552. The average Bonchev–Trinajstić information content (AvgIpc) is 3.03. The van der Waals surface area contributed by atoms with Crippen LogP contribution in [0.2, 0.25) is 0 Å². The number of thiophene rings is 1. The monoisotopic (exact) mass is 302 g/mol. The number of hydrogen-bond donors (Lipinski definition) is 2. The molecule has 3 aromatic rings. The molecule has 0 aliphatic rings. The van der Waals surface area contributed by atoms with Gasteiger partial charge in [-0.3, -0.25) is 10.1 Å². The SMILES string of the molecule is Cc1ccc(C(C)Nc2nc3ccc([N+](=O)[O-])cc3[nH]2)s1. The van der Waals surface area contributed by atoms with Crippen LogP contribution >= 0.6 is 11.3 Å². The average molecular weight is 302 g/mol. The Morgan fingerprint density at radius 2 is 2.19 bits per heavy atom. The zero-order chi connectivity index (χ0) is 15.0. The predicted molar refractivity (Wildman–Crippen MR) is 83.8 cm³/mol. The van der Waals surface area contributed by atoms with Crippen LogP contribution in [0.4, 0.5) is 11.6 Å². The van der Waals surface area contributed by atoms with Gasteiger partial charge in [-0.05, 0) is 32.0 Å². The summed E-state index contributed by atoms with van der Waals surface area (Å²) in [6, 6.07) is 8.90. The van der Waals surface area contributed by atoms with Gasteiger partial charge in [-0.25, -0.2) is 4.98 Å². The van der Waals surface area contributed by atoms with Crippen LogP contribution in [0.15, 0.2) is 30.3 Å². The molecule has 0 radical (unpaired) electrons. The first-order valence-electron chi connectivity index (χ1n) is 6.50. The zero-order valence-electron chi connectivity index (χ0n) is 11.6. The Hall–Kier alpha value is -2.41. The number of hydrogen-bond acceptors (Lipinski definition) is 5. The number of nitrogens with zero attached hydrogens (tertiary/aromatic N) is 2. The molecule has 3 rings (SSSR count). The van der Waals surface area contributed by atoms with Crippen LogP contribution in [0, 0.1) is 17.0 Å². The summed E-state index contributed by atoms with van der Waals surface area (Å²) in [6.45, 7) is 4.13. The highest BCUT2D eigenvalue weighted by Gasteiger charge is 2.12. The lowest BCUT2D eigenvalue weighted by Crippen LogP contribution is -2.05.